The van der Waals surface area contributed by atoms with Crippen LogP contribution in [0.15, 0.2) is 30.3 Å². The van der Waals surface area contributed by atoms with Crippen molar-refractivity contribution in [3.63, 3.8) is 0 Å². The van der Waals surface area contributed by atoms with Crippen LogP contribution in [0.4, 0.5) is 0 Å². The van der Waals surface area contributed by atoms with Crippen LogP contribution in [0.2, 0.25) is 0 Å². The molecule has 1 aliphatic rings. The number of hydrogen-bond acceptors (Lipinski definition) is 2. The number of amides is 1. The summed E-state index contributed by atoms with van der Waals surface area (Å²) in [6, 6.07) is 9.87. The van der Waals surface area contributed by atoms with Gasteiger partial charge in [0.1, 0.15) is 0 Å². The van der Waals surface area contributed by atoms with E-state index in [1.165, 1.54) is 25.9 Å². The maximum absolute atomic E-state index is 11.7. The third-order valence-corrected chi connectivity index (χ3v) is 3.16. The number of carbonyl (C=O) groups excluding carboxylic acids is 1. The fraction of sp³-hybridized carbons (Fsp3) is 0.500. The zero-order valence-corrected chi connectivity index (χ0v) is 11.3. The van der Waals surface area contributed by atoms with E-state index in [1.807, 2.05) is 30.3 Å². The summed E-state index contributed by atoms with van der Waals surface area (Å²) in [6.07, 6.45) is 3.09. The van der Waals surface area contributed by atoms with E-state index < -0.39 is 0 Å². The summed E-state index contributed by atoms with van der Waals surface area (Å²) < 4.78 is 0. The zero-order valence-electron chi connectivity index (χ0n) is 10.6. The van der Waals surface area contributed by atoms with Crippen molar-refractivity contribution in [3.05, 3.63) is 35.9 Å². The van der Waals surface area contributed by atoms with Gasteiger partial charge in [0.05, 0.1) is 6.42 Å². The first-order valence-electron chi connectivity index (χ1n) is 6.37. The number of benzene rings is 1. The number of halogens is 1. The Morgan fingerprint density at radius 2 is 1.83 bits per heavy atom. The largest absolute Gasteiger partial charge is 1.00 e. The van der Waals surface area contributed by atoms with Crippen molar-refractivity contribution < 1.29 is 17.2 Å². The average Bonchev–Trinajstić information content (AvgIpc) is 2.83. The highest BCUT2D eigenvalue weighted by molar-refractivity contribution is 5.78. The lowest BCUT2D eigenvalue weighted by molar-refractivity contribution is -0.120. The minimum absolute atomic E-state index is 0. The summed E-state index contributed by atoms with van der Waals surface area (Å²) in [5, 5.41) is 2.98. The van der Waals surface area contributed by atoms with Crippen LogP contribution in [0.3, 0.4) is 0 Å². The molecule has 3 nitrogen and oxygen atoms in total. The van der Waals surface area contributed by atoms with Crippen molar-refractivity contribution in [3.8, 4) is 0 Å². The second-order valence-corrected chi connectivity index (χ2v) is 4.56. The molecule has 0 radical (unpaired) electrons. The monoisotopic (exact) mass is 267 g/mol. The van der Waals surface area contributed by atoms with Gasteiger partial charge in [-0.3, -0.25) is 4.79 Å². The highest BCUT2D eigenvalue weighted by Gasteiger charge is 2.11. The first-order chi connectivity index (χ1) is 8.34. The maximum atomic E-state index is 11.7. The molecule has 0 atom stereocenters. The smallest absolute Gasteiger partial charge is 0.224 e. The second-order valence-electron chi connectivity index (χ2n) is 4.56. The molecular weight excluding hydrogens is 248 g/mol. The molecule has 1 aliphatic heterocycles. The number of rotatable bonds is 5. The topological polar surface area (TPSA) is 32.3 Å². The molecular formula is C14H20ClN2O-. The van der Waals surface area contributed by atoms with E-state index in [-0.39, 0.29) is 18.3 Å². The van der Waals surface area contributed by atoms with Gasteiger partial charge in [-0.15, -0.1) is 0 Å². The molecule has 1 N–H and O–H groups in total. The Morgan fingerprint density at radius 3 is 2.50 bits per heavy atom. The van der Waals surface area contributed by atoms with E-state index in [0.717, 1.165) is 18.7 Å². The molecule has 0 aliphatic carbocycles. The van der Waals surface area contributed by atoms with Crippen LogP contribution < -0.4 is 17.7 Å². The van der Waals surface area contributed by atoms with Gasteiger partial charge in [-0.05, 0) is 31.5 Å². The number of hydrogen-bond donors (Lipinski definition) is 1. The standard InChI is InChI=1S/C14H20N2O.ClH/c17-14(12-13-6-2-1-3-7-13)15-8-11-16-9-4-5-10-16;/h1-3,6-7H,4-5,8-12H2,(H,15,17);1H/p-1. The highest BCUT2D eigenvalue weighted by atomic mass is 35.5. The lowest BCUT2D eigenvalue weighted by Gasteiger charge is -2.14. The van der Waals surface area contributed by atoms with Gasteiger partial charge in [-0.1, -0.05) is 30.3 Å². The Balaban J connectivity index is 0.00000162. The number of likely N-dealkylation sites (tertiary alicyclic amines) is 1. The zero-order chi connectivity index (χ0) is 11.9. The summed E-state index contributed by atoms with van der Waals surface area (Å²) in [4.78, 5) is 14.1. The first kappa shape index (κ1) is 15.0. The van der Waals surface area contributed by atoms with Crippen molar-refractivity contribution >= 4 is 5.91 Å². The Labute approximate surface area is 115 Å². The van der Waals surface area contributed by atoms with Crippen LogP contribution in [-0.2, 0) is 11.2 Å². The Morgan fingerprint density at radius 1 is 1.17 bits per heavy atom. The molecule has 4 heteroatoms. The van der Waals surface area contributed by atoms with Gasteiger partial charge in [-0.2, -0.15) is 0 Å². The summed E-state index contributed by atoms with van der Waals surface area (Å²) in [7, 11) is 0. The summed E-state index contributed by atoms with van der Waals surface area (Å²) in [6.45, 7) is 4.13. The Kier molecular flexibility index (Phi) is 6.76. The minimum Gasteiger partial charge on any atom is -1.00 e. The molecule has 0 bridgehead atoms. The third-order valence-electron chi connectivity index (χ3n) is 3.16. The fourth-order valence-corrected chi connectivity index (χ4v) is 2.20. The molecule has 2 rings (SSSR count). The van der Waals surface area contributed by atoms with E-state index >= 15 is 0 Å². The lowest BCUT2D eigenvalue weighted by atomic mass is 10.1. The number of nitrogens with one attached hydrogen (secondary N) is 1. The Bertz CT molecular complexity index is 350. The number of carbonyl (C=O) groups is 1. The van der Waals surface area contributed by atoms with E-state index in [0.29, 0.717) is 6.42 Å². The molecule has 1 aromatic carbocycles. The van der Waals surface area contributed by atoms with Crippen LogP contribution in [-0.4, -0.2) is 37.0 Å². The van der Waals surface area contributed by atoms with Crippen LogP contribution in [0.5, 0.6) is 0 Å². The quantitative estimate of drug-likeness (QED) is 0.700. The highest BCUT2D eigenvalue weighted by Crippen LogP contribution is 2.05. The van der Waals surface area contributed by atoms with Gasteiger partial charge in [-0.25, -0.2) is 0 Å². The summed E-state index contributed by atoms with van der Waals surface area (Å²) >= 11 is 0. The SMILES string of the molecule is O=C(Cc1ccccc1)NCCN1CCCC1.[Cl-]. The van der Waals surface area contributed by atoms with Crippen molar-refractivity contribution in [2.24, 2.45) is 0 Å². The molecule has 1 aromatic rings. The van der Waals surface area contributed by atoms with Crippen molar-refractivity contribution in [2.45, 2.75) is 19.3 Å². The Hall–Kier alpha value is -1.06. The van der Waals surface area contributed by atoms with Crippen molar-refractivity contribution in [1.29, 1.82) is 0 Å². The minimum atomic E-state index is 0. The van der Waals surface area contributed by atoms with Crippen LogP contribution in [0.25, 0.3) is 0 Å². The predicted molar refractivity (Wildman–Crippen MR) is 68.8 cm³/mol. The van der Waals surface area contributed by atoms with Gasteiger partial charge in [0.25, 0.3) is 0 Å². The molecule has 1 amide bonds. The average molecular weight is 268 g/mol. The maximum Gasteiger partial charge on any atom is 0.224 e. The third kappa shape index (κ3) is 5.07. The summed E-state index contributed by atoms with van der Waals surface area (Å²) in [5.41, 5.74) is 1.08. The molecule has 1 saturated heterocycles. The van der Waals surface area contributed by atoms with E-state index in [2.05, 4.69) is 10.2 Å². The van der Waals surface area contributed by atoms with Gasteiger partial charge in [0, 0.05) is 13.1 Å². The molecule has 0 unspecified atom stereocenters. The molecule has 100 valence electrons. The predicted octanol–water partition coefficient (Wildman–Crippen LogP) is -1.55. The molecule has 0 aromatic heterocycles. The molecule has 1 heterocycles. The van der Waals surface area contributed by atoms with E-state index in [1.54, 1.807) is 0 Å². The van der Waals surface area contributed by atoms with Gasteiger partial charge in [0.15, 0.2) is 0 Å². The summed E-state index contributed by atoms with van der Waals surface area (Å²) in [5.74, 6) is 0.121. The lowest BCUT2D eigenvalue weighted by Crippen LogP contribution is -3.00. The second kappa shape index (κ2) is 8.11. The normalized spacial score (nSPS) is 15.1. The van der Waals surface area contributed by atoms with E-state index in [4.69, 9.17) is 0 Å². The van der Waals surface area contributed by atoms with Crippen LogP contribution >= 0.6 is 0 Å². The molecule has 0 saturated carbocycles. The molecule has 0 spiro atoms. The van der Waals surface area contributed by atoms with Crippen molar-refractivity contribution in [1.82, 2.24) is 10.2 Å². The number of nitrogens with zero attached hydrogens (tertiary/aromatic N) is 1. The first-order valence-corrected chi connectivity index (χ1v) is 6.37. The molecule has 1 fully saturated rings. The fourth-order valence-electron chi connectivity index (χ4n) is 2.20. The van der Waals surface area contributed by atoms with Crippen molar-refractivity contribution in [2.75, 3.05) is 26.2 Å². The van der Waals surface area contributed by atoms with Gasteiger partial charge >= 0.3 is 0 Å². The van der Waals surface area contributed by atoms with Gasteiger partial charge in [0.2, 0.25) is 5.91 Å². The van der Waals surface area contributed by atoms with Crippen LogP contribution in [0, 0.1) is 0 Å². The van der Waals surface area contributed by atoms with Gasteiger partial charge < -0.3 is 22.6 Å². The van der Waals surface area contributed by atoms with E-state index in [9.17, 15) is 4.79 Å². The molecule has 18 heavy (non-hydrogen) atoms. The van der Waals surface area contributed by atoms with Crippen LogP contribution in [0.1, 0.15) is 18.4 Å².